The summed E-state index contributed by atoms with van der Waals surface area (Å²) in [6.45, 7) is 4.07. The van der Waals surface area contributed by atoms with Gasteiger partial charge in [-0.15, -0.1) is 0 Å². The quantitative estimate of drug-likeness (QED) is 0.791. The van der Waals surface area contributed by atoms with E-state index in [1.807, 2.05) is 38.4 Å². The van der Waals surface area contributed by atoms with Gasteiger partial charge in [0.15, 0.2) is 0 Å². The first-order chi connectivity index (χ1) is 9.58. The largest absolute Gasteiger partial charge is 0.395 e. The van der Waals surface area contributed by atoms with Gasteiger partial charge in [0, 0.05) is 25.2 Å². The summed E-state index contributed by atoms with van der Waals surface area (Å²) in [4.78, 5) is 16.2. The summed E-state index contributed by atoms with van der Waals surface area (Å²) in [6.07, 6.45) is 2.00. The summed E-state index contributed by atoms with van der Waals surface area (Å²) in [5.74, 6) is 0.00361. The average Bonchev–Trinajstić information content (AvgIpc) is 2.43. The highest BCUT2D eigenvalue weighted by atomic mass is 16.3. The third kappa shape index (κ3) is 5.31. The number of aliphatic hydroxyl groups excluding tert-OH is 1. The Morgan fingerprint density at radius 3 is 2.30 bits per heavy atom. The second-order valence-corrected chi connectivity index (χ2v) is 5.30. The standard InChI is InChI=1S/C16H26N2O2/c1-4-5-10-18(11-12-19)16(20)15-8-6-14(7-9-15)13-17(2)3/h6-9,19H,4-5,10-13H2,1-3H3. The molecule has 0 aromatic heterocycles. The van der Waals surface area contributed by atoms with Gasteiger partial charge < -0.3 is 14.9 Å². The molecule has 1 aromatic rings. The molecule has 0 bridgehead atoms. The van der Waals surface area contributed by atoms with Gasteiger partial charge in [-0.3, -0.25) is 4.79 Å². The number of carbonyl (C=O) groups excluding carboxylic acids is 1. The van der Waals surface area contributed by atoms with Crippen LogP contribution in [-0.2, 0) is 6.54 Å². The van der Waals surface area contributed by atoms with E-state index in [1.54, 1.807) is 4.90 Å². The number of nitrogens with zero attached hydrogens (tertiary/aromatic N) is 2. The number of hydrogen-bond donors (Lipinski definition) is 1. The Kier molecular flexibility index (Phi) is 7.26. The van der Waals surface area contributed by atoms with Crippen LogP contribution >= 0.6 is 0 Å². The predicted octanol–water partition coefficient (Wildman–Crippen LogP) is 1.98. The zero-order valence-corrected chi connectivity index (χ0v) is 12.8. The van der Waals surface area contributed by atoms with Gasteiger partial charge in [-0.2, -0.15) is 0 Å². The van der Waals surface area contributed by atoms with E-state index >= 15 is 0 Å². The Balaban J connectivity index is 2.72. The molecular formula is C16H26N2O2. The first-order valence-corrected chi connectivity index (χ1v) is 7.22. The SMILES string of the molecule is CCCCN(CCO)C(=O)c1ccc(CN(C)C)cc1. The molecule has 0 saturated heterocycles. The topological polar surface area (TPSA) is 43.8 Å². The van der Waals surface area contributed by atoms with Crippen molar-refractivity contribution in [3.05, 3.63) is 35.4 Å². The van der Waals surface area contributed by atoms with Crippen molar-refractivity contribution in [2.24, 2.45) is 0 Å². The lowest BCUT2D eigenvalue weighted by molar-refractivity contribution is 0.0719. The van der Waals surface area contributed by atoms with E-state index in [9.17, 15) is 4.79 Å². The monoisotopic (exact) mass is 278 g/mol. The van der Waals surface area contributed by atoms with Crippen molar-refractivity contribution in [2.75, 3.05) is 33.8 Å². The molecule has 0 radical (unpaired) electrons. The fourth-order valence-electron chi connectivity index (χ4n) is 2.09. The normalized spacial score (nSPS) is 10.8. The fraction of sp³-hybridized carbons (Fsp3) is 0.562. The lowest BCUT2D eigenvalue weighted by Gasteiger charge is -2.21. The van der Waals surface area contributed by atoms with Gasteiger partial charge in [0.1, 0.15) is 0 Å². The van der Waals surface area contributed by atoms with Crippen molar-refractivity contribution in [1.29, 1.82) is 0 Å². The minimum atomic E-state index is 0.00361. The lowest BCUT2D eigenvalue weighted by Crippen LogP contribution is -2.34. The predicted molar refractivity (Wildman–Crippen MR) is 81.7 cm³/mol. The van der Waals surface area contributed by atoms with Crippen LogP contribution in [0.1, 0.15) is 35.7 Å². The van der Waals surface area contributed by atoms with Crippen LogP contribution in [0.4, 0.5) is 0 Å². The minimum absolute atomic E-state index is 0.00361. The Morgan fingerprint density at radius 1 is 1.15 bits per heavy atom. The van der Waals surface area contributed by atoms with Crippen molar-refractivity contribution >= 4 is 5.91 Å². The highest BCUT2D eigenvalue weighted by Crippen LogP contribution is 2.10. The molecule has 0 aliphatic heterocycles. The Bertz CT molecular complexity index is 401. The zero-order chi connectivity index (χ0) is 15.0. The molecule has 0 saturated carbocycles. The lowest BCUT2D eigenvalue weighted by atomic mass is 10.1. The van der Waals surface area contributed by atoms with Crippen LogP contribution in [0.3, 0.4) is 0 Å². The number of hydrogen-bond acceptors (Lipinski definition) is 3. The Hall–Kier alpha value is -1.39. The van der Waals surface area contributed by atoms with Gasteiger partial charge >= 0.3 is 0 Å². The van der Waals surface area contributed by atoms with Crippen LogP contribution in [0.2, 0.25) is 0 Å². The molecule has 1 rings (SSSR count). The molecular weight excluding hydrogens is 252 g/mol. The molecule has 0 fully saturated rings. The van der Waals surface area contributed by atoms with Gasteiger partial charge in [-0.1, -0.05) is 25.5 Å². The van der Waals surface area contributed by atoms with E-state index in [-0.39, 0.29) is 12.5 Å². The molecule has 0 heterocycles. The number of carbonyl (C=O) groups is 1. The molecule has 0 unspecified atom stereocenters. The van der Waals surface area contributed by atoms with Crippen LogP contribution in [0, 0.1) is 0 Å². The molecule has 0 atom stereocenters. The van der Waals surface area contributed by atoms with Crippen molar-refractivity contribution < 1.29 is 9.90 Å². The van der Waals surface area contributed by atoms with Crippen LogP contribution in [0.5, 0.6) is 0 Å². The fourth-order valence-corrected chi connectivity index (χ4v) is 2.09. The zero-order valence-electron chi connectivity index (χ0n) is 12.8. The maximum absolute atomic E-state index is 12.4. The number of aliphatic hydroxyl groups is 1. The van der Waals surface area contributed by atoms with Gasteiger partial charge in [0.05, 0.1) is 6.61 Å². The number of benzene rings is 1. The van der Waals surface area contributed by atoms with Gasteiger partial charge in [-0.25, -0.2) is 0 Å². The van der Waals surface area contributed by atoms with E-state index in [0.717, 1.165) is 19.4 Å². The summed E-state index contributed by atoms with van der Waals surface area (Å²) in [7, 11) is 4.04. The van der Waals surface area contributed by atoms with Crippen molar-refractivity contribution in [3.63, 3.8) is 0 Å². The van der Waals surface area contributed by atoms with Crippen LogP contribution in [-0.4, -0.2) is 54.6 Å². The summed E-state index contributed by atoms with van der Waals surface area (Å²) in [5, 5.41) is 9.08. The summed E-state index contributed by atoms with van der Waals surface area (Å²) < 4.78 is 0. The molecule has 0 aliphatic carbocycles. The summed E-state index contributed by atoms with van der Waals surface area (Å²) in [6, 6.07) is 7.73. The van der Waals surface area contributed by atoms with E-state index < -0.39 is 0 Å². The average molecular weight is 278 g/mol. The Labute approximate surface area is 122 Å². The molecule has 4 nitrogen and oxygen atoms in total. The molecule has 1 N–H and O–H groups in total. The van der Waals surface area contributed by atoms with Crippen molar-refractivity contribution in [3.8, 4) is 0 Å². The van der Waals surface area contributed by atoms with Gasteiger partial charge in [0.25, 0.3) is 5.91 Å². The minimum Gasteiger partial charge on any atom is -0.395 e. The number of amides is 1. The number of rotatable bonds is 8. The van der Waals surface area contributed by atoms with E-state index in [2.05, 4.69) is 11.8 Å². The highest BCUT2D eigenvalue weighted by molar-refractivity contribution is 5.94. The second kappa shape index (κ2) is 8.72. The Morgan fingerprint density at radius 2 is 1.80 bits per heavy atom. The third-order valence-electron chi connectivity index (χ3n) is 3.14. The van der Waals surface area contributed by atoms with Crippen molar-refractivity contribution in [2.45, 2.75) is 26.3 Å². The molecule has 20 heavy (non-hydrogen) atoms. The first-order valence-electron chi connectivity index (χ1n) is 7.22. The molecule has 0 spiro atoms. The van der Waals surface area contributed by atoms with Crippen LogP contribution in [0.15, 0.2) is 24.3 Å². The molecule has 1 aromatic carbocycles. The first kappa shape index (κ1) is 16.7. The van der Waals surface area contributed by atoms with E-state index in [0.29, 0.717) is 18.7 Å². The highest BCUT2D eigenvalue weighted by Gasteiger charge is 2.14. The maximum atomic E-state index is 12.4. The summed E-state index contributed by atoms with van der Waals surface area (Å²) in [5.41, 5.74) is 1.88. The maximum Gasteiger partial charge on any atom is 0.253 e. The molecule has 1 amide bonds. The van der Waals surface area contributed by atoms with Crippen molar-refractivity contribution in [1.82, 2.24) is 9.80 Å². The second-order valence-electron chi connectivity index (χ2n) is 5.30. The smallest absolute Gasteiger partial charge is 0.253 e. The van der Waals surface area contributed by atoms with Crippen LogP contribution < -0.4 is 0 Å². The van der Waals surface area contributed by atoms with Gasteiger partial charge in [-0.05, 0) is 38.2 Å². The van der Waals surface area contributed by atoms with Gasteiger partial charge in [0.2, 0.25) is 0 Å². The van der Waals surface area contributed by atoms with Crippen LogP contribution in [0.25, 0.3) is 0 Å². The molecule has 112 valence electrons. The van der Waals surface area contributed by atoms with E-state index in [4.69, 9.17) is 5.11 Å². The summed E-state index contributed by atoms with van der Waals surface area (Å²) >= 11 is 0. The number of unbranched alkanes of at least 4 members (excludes halogenated alkanes) is 1. The third-order valence-corrected chi connectivity index (χ3v) is 3.14. The molecule has 4 heteroatoms. The van der Waals surface area contributed by atoms with E-state index in [1.165, 1.54) is 5.56 Å². The molecule has 0 aliphatic rings.